The van der Waals surface area contributed by atoms with Crippen molar-refractivity contribution < 1.29 is 9.05 Å². The maximum Gasteiger partial charge on any atom is 0.241 e. The fourth-order valence-electron chi connectivity index (χ4n) is 3.46. The van der Waals surface area contributed by atoms with Crippen LogP contribution in [0.25, 0.3) is 21.4 Å². The van der Waals surface area contributed by atoms with Crippen molar-refractivity contribution in [3.63, 3.8) is 0 Å². The molecule has 0 aliphatic carbocycles. The van der Waals surface area contributed by atoms with Crippen molar-refractivity contribution in [2.75, 3.05) is 19.6 Å². The number of piperazine rings is 1. The molecule has 29 heavy (non-hydrogen) atoms. The van der Waals surface area contributed by atoms with Crippen LogP contribution in [0.3, 0.4) is 0 Å². The van der Waals surface area contributed by atoms with Gasteiger partial charge in [0, 0.05) is 25.7 Å². The number of hydrogen-bond donors (Lipinski definition) is 0. The van der Waals surface area contributed by atoms with Crippen molar-refractivity contribution in [1.82, 2.24) is 30.1 Å². The van der Waals surface area contributed by atoms with Crippen LogP contribution < -0.4 is 0 Å². The third kappa shape index (κ3) is 4.15. The molecule has 5 heterocycles. The summed E-state index contributed by atoms with van der Waals surface area (Å²) in [6, 6.07) is 8.35. The van der Waals surface area contributed by atoms with Gasteiger partial charge in [0.1, 0.15) is 0 Å². The average molecular weight is 429 g/mol. The quantitative estimate of drug-likeness (QED) is 0.460. The standard InChI is InChI=1S/C19H20N6O2S2/c1-13-10-24(11-16-20-18(22-26-16)14-4-2-8-28-14)6-7-25(13)12-17-21-19(23-27-17)15-5-3-9-29-15/h2-5,8-9,13H,6-7,10-12H2,1H3. The zero-order valence-corrected chi connectivity index (χ0v) is 17.5. The Labute approximate surface area is 175 Å². The molecule has 0 aromatic carbocycles. The Hall–Kier alpha value is -2.40. The predicted molar refractivity (Wildman–Crippen MR) is 110 cm³/mol. The molecule has 0 amide bonds. The summed E-state index contributed by atoms with van der Waals surface area (Å²) < 4.78 is 10.9. The number of rotatable bonds is 6. The number of aromatic nitrogens is 4. The highest BCUT2D eigenvalue weighted by Crippen LogP contribution is 2.24. The Morgan fingerprint density at radius 3 is 2.10 bits per heavy atom. The van der Waals surface area contributed by atoms with E-state index in [4.69, 9.17) is 9.05 Å². The second kappa shape index (κ2) is 8.15. The van der Waals surface area contributed by atoms with Crippen molar-refractivity contribution >= 4 is 22.7 Å². The molecule has 1 fully saturated rings. The topological polar surface area (TPSA) is 84.3 Å². The van der Waals surface area contributed by atoms with Crippen LogP contribution in [0.1, 0.15) is 18.7 Å². The molecule has 0 N–H and O–H groups in total. The van der Waals surface area contributed by atoms with Crippen LogP contribution in [0.4, 0.5) is 0 Å². The van der Waals surface area contributed by atoms with Gasteiger partial charge >= 0.3 is 0 Å². The van der Waals surface area contributed by atoms with E-state index in [1.54, 1.807) is 22.7 Å². The summed E-state index contributed by atoms with van der Waals surface area (Å²) in [5, 5.41) is 12.2. The molecule has 1 aliphatic heterocycles. The first-order valence-electron chi connectivity index (χ1n) is 9.44. The molecule has 4 aromatic rings. The second-order valence-corrected chi connectivity index (χ2v) is 8.93. The lowest BCUT2D eigenvalue weighted by Gasteiger charge is -2.38. The van der Waals surface area contributed by atoms with Gasteiger partial charge in [-0.05, 0) is 29.8 Å². The fraction of sp³-hybridized carbons (Fsp3) is 0.368. The smallest absolute Gasteiger partial charge is 0.241 e. The number of hydrogen-bond acceptors (Lipinski definition) is 10. The minimum Gasteiger partial charge on any atom is -0.338 e. The van der Waals surface area contributed by atoms with Gasteiger partial charge in [-0.25, -0.2) is 0 Å². The summed E-state index contributed by atoms with van der Waals surface area (Å²) in [5.74, 6) is 2.65. The van der Waals surface area contributed by atoms with Crippen molar-refractivity contribution in [3.05, 3.63) is 46.8 Å². The molecule has 0 saturated carbocycles. The minimum atomic E-state index is 0.362. The van der Waals surface area contributed by atoms with E-state index in [1.165, 1.54) is 0 Å². The van der Waals surface area contributed by atoms with Gasteiger partial charge in [0.05, 0.1) is 22.8 Å². The van der Waals surface area contributed by atoms with Gasteiger partial charge in [-0.1, -0.05) is 22.4 Å². The van der Waals surface area contributed by atoms with E-state index in [-0.39, 0.29) is 0 Å². The Bertz CT molecular complexity index is 1040. The molecule has 150 valence electrons. The van der Waals surface area contributed by atoms with E-state index in [2.05, 4.69) is 37.0 Å². The summed E-state index contributed by atoms with van der Waals surface area (Å²) in [6.07, 6.45) is 0. The van der Waals surface area contributed by atoms with Crippen molar-refractivity contribution in [3.8, 4) is 21.4 Å². The first-order chi connectivity index (χ1) is 14.2. The predicted octanol–water partition coefficient (Wildman–Crippen LogP) is 3.62. The molecule has 1 atom stereocenters. The lowest BCUT2D eigenvalue weighted by Crippen LogP contribution is -2.51. The van der Waals surface area contributed by atoms with Gasteiger partial charge in [-0.3, -0.25) is 9.80 Å². The molecular weight excluding hydrogens is 408 g/mol. The van der Waals surface area contributed by atoms with Crippen molar-refractivity contribution in [1.29, 1.82) is 0 Å². The molecule has 1 saturated heterocycles. The van der Waals surface area contributed by atoms with Gasteiger partial charge in [0.15, 0.2) is 0 Å². The Morgan fingerprint density at radius 1 is 0.931 bits per heavy atom. The molecule has 10 heteroatoms. The first kappa shape index (κ1) is 18.6. The van der Waals surface area contributed by atoms with Crippen molar-refractivity contribution in [2.24, 2.45) is 0 Å². The summed E-state index contributed by atoms with van der Waals surface area (Å²) >= 11 is 3.23. The number of thiophene rings is 2. The monoisotopic (exact) mass is 428 g/mol. The first-order valence-corrected chi connectivity index (χ1v) is 11.2. The largest absolute Gasteiger partial charge is 0.338 e. The average Bonchev–Trinajstić information content (AvgIpc) is 3.51. The molecule has 0 bridgehead atoms. The SMILES string of the molecule is CC1CN(Cc2nc(-c3cccs3)no2)CCN1Cc1nc(-c2cccs2)no1. The summed E-state index contributed by atoms with van der Waals surface area (Å²) in [4.78, 5) is 15.8. The summed E-state index contributed by atoms with van der Waals surface area (Å²) in [5.41, 5.74) is 0. The Morgan fingerprint density at radius 2 is 1.55 bits per heavy atom. The van der Waals surface area contributed by atoms with E-state index in [0.717, 1.165) is 29.4 Å². The third-order valence-corrected chi connectivity index (χ3v) is 6.70. The molecule has 4 aromatic heterocycles. The van der Waals surface area contributed by atoms with E-state index >= 15 is 0 Å². The van der Waals surface area contributed by atoms with Gasteiger partial charge in [-0.2, -0.15) is 9.97 Å². The molecular formula is C19H20N6O2S2. The van der Waals surface area contributed by atoms with Crippen LogP contribution in [-0.4, -0.2) is 55.8 Å². The molecule has 0 radical (unpaired) electrons. The molecule has 8 nitrogen and oxygen atoms in total. The van der Waals surface area contributed by atoms with Crippen LogP contribution in [-0.2, 0) is 13.1 Å². The van der Waals surface area contributed by atoms with E-state index in [0.29, 0.717) is 42.6 Å². The third-order valence-electron chi connectivity index (χ3n) is 4.97. The lowest BCUT2D eigenvalue weighted by atomic mass is 10.2. The lowest BCUT2D eigenvalue weighted by molar-refractivity contribution is 0.0594. The molecule has 1 aliphatic rings. The fourth-order valence-corrected chi connectivity index (χ4v) is 4.76. The van der Waals surface area contributed by atoms with Crippen LogP contribution in [0.5, 0.6) is 0 Å². The maximum atomic E-state index is 5.46. The molecule has 1 unspecified atom stereocenters. The summed E-state index contributed by atoms with van der Waals surface area (Å²) in [7, 11) is 0. The van der Waals surface area contributed by atoms with Gasteiger partial charge in [0.2, 0.25) is 23.4 Å². The van der Waals surface area contributed by atoms with E-state index in [9.17, 15) is 0 Å². The number of nitrogens with zero attached hydrogens (tertiary/aromatic N) is 6. The van der Waals surface area contributed by atoms with Crippen LogP contribution in [0.15, 0.2) is 44.1 Å². The van der Waals surface area contributed by atoms with Gasteiger partial charge in [0.25, 0.3) is 0 Å². The van der Waals surface area contributed by atoms with Gasteiger partial charge < -0.3 is 9.05 Å². The van der Waals surface area contributed by atoms with Crippen LogP contribution in [0, 0.1) is 0 Å². The molecule has 0 spiro atoms. The van der Waals surface area contributed by atoms with Crippen molar-refractivity contribution in [2.45, 2.75) is 26.1 Å². The molecule has 5 rings (SSSR count). The highest BCUT2D eigenvalue weighted by atomic mass is 32.1. The zero-order chi connectivity index (χ0) is 19.6. The van der Waals surface area contributed by atoms with Crippen LogP contribution >= 0.6 is 22.7 Å². The van der Waals surface area contributed by atoms with Gasteiger partial charge in [-0.15, -0.1) is 22.7 Å². The van der Waals surface area contributed by atoms with E-state index in [1.807, 2.05) is 35.0 Å². The highest BCUT2D eigenvalue weighted by molar-refractivity contribution is 7.13. The Balaban J connectivity index is 1.17. The zero-order valence-electron chi connectivity index (χ0n) is 15.9. The minimum absolute atomic E-state index is 0.362. The Kier molecular flexibility index (Phi) is 5.23. The normalized spacial score (nSPS) is 18.4. The maximum absolute atomic E-state index is 5.46. The second-order valence-electron chi connectivity index (χ2n) is 7.03. The van der Waals surface area contributed by atoms with E-state index < -0.39 is 0 Å². The summed E-state index contributed by atoms with van der Waals surface area (Å²) in [6.45, 7) is 6.31. The van der Waals surface area contributed by atoms with Crippen LogP contribution in [0.2, 0.25) is 0 Å². The highest BCUT2D eigenvalue weighted by Gasteiger charge is 2.26.